The van der Waals surface area contributed by atoms with Crippen LogP contribution >= 0.6 is 35.7 Å². The molecule has 8 nitrogen and oxygen atoms in total. The van der Waals surface area contributed by atoms with Crippen LogP contribution < -0.4 is 0 Å². The molecule has 0 atom stereocenters. The van der Waals surface area contributed by atoms with Gasteiger partial charge in [0.2, 0.25) is 0 Å². The van der Waals surface area contributed by atoms with Gasteiger partial charge >= 0.3 is 12.2 Å². The highest BCUT2D eigenvalue weighted by molar-refractivity contribution is 8.14. The minimum Gasteiger partial charge on any atom is -0.296 e. The molecule has 3 rings (SSSR count). The highest BCUT2D eigenvalue weighted by Gasteiger charge is 2.34. The maximum atomic E-state index is 12.0. The smallest absolute Gasteiger partial charge is 0.296 e. The Kier molecular flexibility index (Phi) is 7.76. The van der Waals surface area contributed by atoms with E-state index < -0.39 is 12.2 Å². The summed E-state index contributed by atoms with van der Waals surface area (Å²) < 4.78 is 2.31. The van der Waals surface area contributed by atoms with Gasteiger partial charge in [-0.1, -0.05) is 10.3 Å². The Morgan fingerprint density at radius 1 is 1.12 bits per heavy atom. The minimum absolute atomic E-state index is 0.413. The Morgan fingerprint density at radius 2 is 1.72 bits per heavy atom. The quantitative estimate of drug-likeness (QED) is 0.229. The molecule has 0 spiro atoms. The molecule has 0 aromatic rings. The SMILES string of the molecule is CSC(C)=NOC(=O)N(C)SN(C)C(=O)ON=C1SC2CCC1CC2. The van der Waals surface area contributed by atoms with Gasteiger partial charge in [-0.25, -0.2) is 18.2 Å². The molecule has 1 saturated carbocycles. The second-order valence-electron chi connectivity index (χ2n) is 5.63. The van der Waals surface area contributed by atoms with Crippen molar-refractivity contribution in [2.45, 2.75) is 37.9 Å². The molecule has 3 aliphatic rings. The molecule has 2 saturated heterocycles. The average molecular weight is 407 g/mol. The number of rotatable bonds is 4. The van der Waals surface area contributed by atoms with Crippen LogP contribution in [0.25, 0.3) is 0 Å². The molecule has 2 amide bonds. The normalized spacial score (nSPS) is 24.2. The van der Waals surface area contributed by atoms with Crippen LogP contribution in [-0.2, 0) is 9.68 Å². The first kappa shape index (κ1) is 20.2. The zero-order valence-electron chi connectivity index (χ0n) is 14.6. The minimum atomic E-state index is -0.690. The van der Waals surface area contributed by atoms with Crippen molar-refractivity contribution in [3.8, 4) is 0 Å². The summed E-state index contributed by atoms with van der Waals surface area (Å²) in [6, 6.07) is 0. The topological polar surface area (TPSA) is 83.8 Å². The molecular weight excluding hydrogens is 384 g/mol. The number of carbonyl (C=O) groups excluding carboxylic acids is 2. The van der Waals surface area contributed by atoms with E-state index in [1.165, 1.54) is 43.0 Å². The summed E-state index contributed by atoms with van der Waals surface area (Å²) in [5, 5.41) is 9.80. The lowest BCUT2D eigenvalue weighted by atomic mass is 9.89. The van der Waals surface area contributed by atoms with Gasteiger partial charge in [-0.05, 0) is 38.9 Å². The number of nitrogens with zero attached hydrogens (tertiary/aromatic N) is 4. The monoisotopic (exact) mass is 406 g/mol. The summed E-state index contributed by atoms with van der Waals surface area (Å²) in [7, 11) is 2.97. The molecule has 1 aliphatic carbocycles. The highest BCUT2D eigenvalue weighted by Crippen LogP contribution is 2.42. The Bertz CT molecular complexity index is 564. The first-order chi connectivity index (χ1) is 11.9. The second kappa shape index (κ2) is 9.58. The third-order valence-corrected chi connectivity index (χ3v) is 6.74. The van der Waals surface area contributed by atoms with Gasteiger partial charge in [0.05, 0.1) is 12.1 Å². The van der Waals surface area contributed by atoms with Crippen molar-refractivity contribution in [3.63, 3.8) is 0 Å². The lowest BCUT2D eigenvalue weighted by Gasteiger charge is -2.35. The molecule has 11 heteroatoms. The number of carbonyl (C=O) groups is 2. The molecule has 140 valence electrons. The van der Waals surface area contributed by atoms with Crippen molar-refractivity contribution < 1.29 is 19.3 Å². The van der Waals surface area contributed by atoms with Gasteiger partial charge in [0.15, 0.2) is 0 Å². The summed E-state index contributed by atoms with van der Waals surface area (Å²) >= 11 is 3.92. The summed E-state index contributed by atoms with van der Waals surface area (Å²) in [5.41, 5.74) is 0. The molecule has 0 aromatic carbocycles. The van der Waals surface area contributed by atoms with E-state index in [1.807, 2.05) is 6.26 Å². The lowest BCUT2D eigenvalue weighted by molar-refractivity contribution is 0.130. The van der Waals surface area contributed by atoms with E-state index in [9.17, 15) is 9.59 Å². The third kappa shape index (κ3) is 6.00. The first-order valence-electron chi connectivity index (χ1n) is 7.81. The van der Waals surface area contributed by atoms with Crippen molar-refractivity contribution in [2.75, 3.05) is 20.4 Å². The van der Waals surface area contributed by atoms with E-state index in [0.717, 1.165) is 34.3 Å². The van der Waals surface area contributed by atoms with Crippen molar-refractivity contribution in [2.24, 2.45) is 16.2 Å². The Morgan fingerprint density at radius 3 is 2.24 bits per heavy atom. The molecule has 3 fully saturated rings. The predicted molar refractivity (Wildman–Crippen MR) is 103 cm³/mol. The van der Waals surface area contributed by atoms with Gasteiger partial charge in [-0.15, -0.1) is 23.5 Å². The van der Waals surface area contributed by atoms with Crippen molar-refractivity contribution in [1.29, 1.82) is 0 Å². The number of fused-ring (bicyclic) bond motifs is 3. The standard InChI is InChI=1S/C14H22N4O4S3/c1-9(23-4)15-21-13(19)17(2)25-18(3)14(20)22-16-12-10-5-7-11(24-12)8-6-10/h10-11H,5-8H2,1-4H3. The fourth-order valence-corrected chi connectivity index (χ4v) is 4.42. The van der Waals surface area contributed by atoms with Crippen LogP contribution in [0.1, 0.15) is 32.6 Å². The molecule has 2 heterocycles. The fraction of sp³-hybridized carbons (Fsp3) is 0.714. The zero-order chi connectivity index (χ0) is 18.4. The number of oxime groups is 2. The van der Waals surface area contributed by atoms with Gasteiger partial charge in [-0.3, -0.25) is 9.68 Å². The van der Waals surface area contributed by atoms with Crippen LogP contribution in [0.15, 0.2) is 10.3 Å². The Hall–Kier alpha value is -1.07. The van der Waals surface area contributed by atoms with Crippen molar-refractivity contribution in [1.82, 2.24) is 8.61 Å². The second-order valence-corrected chi connectivity index (χ2v) is 9.20. The molecule has 0 aromatic heterocycles. The van der Waals surface area contributed by atoms with Crippen LogP contribution in [0.4, 0.5) is 9.59 Å². The van der Waals surface area contributed by atoms with Crippen LogP contribution in [0.5, 0.6) is 0 Å². The van der Waals surface area contributed by atoms with E-state index in [0.29, 0.717) is 16.2 Å². The average Bonchev–Trinajstić information content (AvgIpc) is 2.64. The third-order valence-electron chi connectivity index (χ3n) is 3.83. The number of hydrogen-bond acceptors (Lipinski definition) is 9. The maximum Gasteiger partial charge on any atom is 0.447 e. The first-order valence-corrected chi connectivity index (χ1v) is 10.6. The Balaban J connectivity index is 1.78. The van der Waals surface area contributed by atoms with Crippen LogP contribution in [0.2, 0.25) is 0 Å². The maximum absolute atomic E-state index is 12.0. The largest absolute Gasteiger partial charge is 0.447 e. The summed E-state index contributed by atoms with van der Waals surface area (Å²) in [5.74, 6) is 0.413. The van der Waals surface area contributed by atoms with Gasteiger partial charge in [0, 0.05) is 25.3 Å². The van der Waals surface area contributed by atoms with Crippen molar-refractivity contribution in [3.05, 3.63) is 0 Å². The predicted octanol–water partition coefficient (Wildman–Crippen LogP) is 4.00. The van der Waals surface area contributed by atoms with E-state index in [1.54, 1.807) is 18.7 Å². The van der Waals surface area contributed by atoms with Gasteiger partial charge < -0.3 is 0 Å². The highest BCUT2D eigenvalue weighted by atomic mass is 32.2. The molecule has 2 bridgehead atoms. The lowest BCUT2D eigenvalue weighted by Crippen LogP contribution is -2.31. The molecule has 0 N–H and O–H groups in total. The molecular formula is C14H22N4O4S3. The molecule has 2 aliphatic heterocycles. The number of amides is 2. The van der Waals surface area contributed by atoms with Gasteiger partial charge in [0.25, 0.3) is 0 Å². The van der Waals surface area contributed by atoms with Crippen molar-refractivity contribution >= 4 is 57.9 Å². The van der Waals surface area contributed by atoms with Gasteiger partial charge in [-0.2, -0.15) is 0 Å². The van der Waals surface area contributed by atoms with E-state index in [2.05, 4.69) is 10.3 Å². The van der Waals surface area contributed by atoms with Gasteiger partial charge in [0.1, 0.15) is 10.1 Å². The molecule has 0 radical (unpaired) electrons. The van der Waals surface area contributed by atoms with E-state index in [-0.39, 0.29) is 0 Å². The molecule has 25 heavy (non-hydrogen) atoms. The van der Waals surface area contributed by atoms with E-state index in [4.69, 9.17) is 9.68 Å². The number of hydrogen-bond donors (Lipinski definition) is 0. The number of thioether (sulfide) groups is 2. The van der Waals surface area contributed by atoms with Crippen LogP contribution in [0, 0.1) is 5.92 Å². The molecule has 0 unspecified atom stereocenters. The summed E-state index contributed by atoms with van der Waals surface area (Å²) in [6.07, 6.45) is 5.14. The van der Waals surface area contributed by atoms with Crippen LogP contribution in [0.3, 0.4) is 0 Å². The fourth-order valence-electron chi connectivity index (χ4n) is 2.38. The van der Waals surface area contributed by atoms with Crippen LogP contribution in [-0.4, -0.2) is 56.5 Å². The summed E-state index contributed by atoms with van der Waals surface area (Å²) in [4.78, 5) is 33.6. The zero-order valence-corrected chi connectivity index (χ0v) is 17.1. The van der Waals surface area contributed by atoms with E-state index >= 15 is 0 Å². The Labute approximate surface area is 160 Å². The summed E-state index contributed by atoms with van der Waals surface area (Å²) in [6.45, 7) is 1.73.